The molecule has 1 aliphatic heterocycles. The molecule has 0 bridgehead atoms. The molecule has 0 aromatic carbocycles. The van der Waals surface area contributed by atoms with Crippen LogP contribution in [0.1, 0.15) is 108 Å². The van der Waals surface area contributed by atoms with E-state index in [1.807, 2.05) is 0 Å². The zero-order valence-corrected chi connectivity index (χ0v) is 23.3. The van der Waals surface area contributed by atoms with E-state index in [2.05, 4.69) is 24.5 Å². The minimum Gasteiger partial charge on any atom is -0.460 e. The Bertz CT molecular complexity index is 942. The van der Waals surface area contributed by atoms with Gasteiger partial charge in [0.05, 0.1) is 23.8 Å². The monoisotopic (exact) mass is 534 g/mol. The lowest BCUT2D eigenvalue weighted by Crippen LogP contribution is -2.39. The first-order chi connectivity index (χ1) is 17.5. The fraction of sp³-hybridized carbons (Fsp3) is 0.679. The number of carbonyl (C=O) groups is 2. The molecule has 0 radical (unpaired) electrons. The fourth-order valence-electron chi connectivity index (χ4n) is 4.88. The number of hydrogen-bond donors (Lipinski definition) is 2. The number of hydrogen-bond acceptors (Lipinski definition) is 8. The minimum atomic E-state index is -0.820. The first kappa shape index (κ1) is 28.9. The number of thiol groups is 1. The Labute approximate surface area is 225 Å². The molecule has 3 unspecified atom stereocenters. The first-order valence-electron chi connectivity index (χ1n) is 13.7. The van der Waals surface area contributed by atoms with E-state index in [-0.39, 0.29) is 17.5 Å². The lowest BCUT2D eigenvalue weighted by molar-refractivity contribution is -0.142. The average molecular weight is 535 g/mol. The molecule has 36 heavy (non-hydrogen) atoms. The van der Waals surface area contributed by atoms with Crippen LogP contribution < -0.4 is 5.73 Å². The molecular weight excluding hydrogens is 492 g/mol. The van der Waals surface area contributed by atoms with Gasteiger partial charge in [0.15, 0.2) is 27.8 Å². The van der Waals surface area contributed by atoms with Crippen LogP contribution in [-0.2, 0) is 14.3 Å². The van der Waals surface area contributed by atoms with E-state index in [1.165, 1.54) is 81.8 Å². The highest BCUT2D eigenvalue weighted by Gasteiger charge is 2.39. The number of Topliss-reactive ketones (excluding diaryl/α,β-unsaturated/α-hetero) is 2. The molecule has 0 amide bonds. The Morgan fingerprint density at radius 3 is 2.36 bits per heavy atom. The second-order valence-corrected chi connectivity index (χ2v) is 11.4. The Morgan fingerprint density at radius 1 is 1.11 bits per heavy atom. The van der Waals surface area contributed by atoms with Gasteiger partial charge in [-0.05, 0) is 12.8 Å². The molecule has 3 rings (SSSR count). The van der Waals surface area contributed by atoms with E-state index >= 15 is 0 Å². The van der Waals surface area contributed by atoms with Crippen LogP contribution in [0, 0.1) is 5.92 Å². The van der Waals surface area contributed by atoms with Crippen molar-refractivity contribution in [2.24, 2.45) is 5.92 Å². The van der Waals surface area contributed by atoms with Gasteiger partial charge in [-0.15, -0.1) is 24.0 Å². The summed E-state index contributed by atoms with van der Waals surface area (Å²) < 4.78 is 10.8. The largest absolute Gasteiger partial charge is 0.460 e. The summed E-state index contributed by atoms with van der Waals surface area (Å²) in [5.41, 5.74) is 5.70. The van der Waals surface area contributed by atoms with Crippen molar-refractivity contribution in [3.8, 4) is 10.8 Å². The highest BCUT2D eigenvalue weighted by molar-refractivity contribution is 7.81. The lowest BCUT2D eigenvalue weighted by atomic mass is 9.83. The molecule has 0 aliphatic carbocycles. The van der Waals surface area contributed by atoms with Gasteiger partial charge in [0.1, 0.15) is 0 Å². The molecule has 3 heterocycles. The van der Waals surface area contributed by atoms with E-state index < -0.39 is 11.4 Å². The van der Waals surface area contributed by atoms with Crippen LogP contribution in [0.3, 0.4) is 0 Å². The van der Waals surface area contributed by atoms with Crippen molar-refractivity contribution in [2.45, 2.75) is 108 Å². The van der Waals surface area contributed by atoms with Gasteiger partial charge in [0.2, 0.25) is 0 Å². The van der Waals surface area contributed by atoms with Crippen molar-refractivity contribution < 1.29 is 18.7 Å². The second kappa shape index (κ2) is 15.6. The molecule has 6 nitrogen and oxygen atoms in total. The van der Waals surface area contributed by atoms with Crippen molar-refractivity contribution >= 4 is 41.2 Å². The number of anilines is 1. The predicted octanol–water partition coefficient (Wildman–Crippen LogP) is 7.59. The number of thiazole rings is 1. The van der Waals surface area contributed by atoms with Crippen molar-refractivity contribution in [3.63, 3.8) is 0 Å². The SMILES string of the molecule is CCCCCCCCCCCCCCC(C(=O)C1CCOC(S)C1=O)c1cnc(-c2occc2N)s1. The molecule has 3 atom stereocenters. The average Bonchev–Trinajstić information content (AvgIpc) is 3.52. The third kappa shape index (κ3) is 8.45. The summed E-state index contributed by atoms with van der Waals surface area (Å²) in [6.07, 6.45) is 19.6. The van der Waals surface area contributed by atoms with E-state index in [9.17, 15) is 9.59 Å². The summed E-state index contributed by atoms with van der Waals surface area (Å²) in [6, 6.07) is 1.69. The number of furan rings is 1. The molecule has 200 valence electrons. The highest BCUT2D eigenvalue weighted by Crippen LogP contribution is 2.38. The Balaban J connectivity index is 1.51. The summed E-state index contributed by atoms with van der Waals surface area (Å²) in [6.45, 7) is 2.63. The number of nitrogens with zero attached hydrogens (tertiary/aromatic N) is 1. The number of ether oxygens (including phenoxy) is 1. The third-order valence-electron chi connectivity index (χ3n) is 7.06. The molecule has 2 N–H and O–H groups in total. The standard InChI is InChI=1S/C28H42N2O4S2/c1-2-3-4-5-6-7-8-9-10-11-12-13-14-20(24(31)21-15-17-34-28(35)25(21)32)23-19-30-27(36-23)26-22(29)16-18-33-26/h16,18-21,28,35H,2-15,17,29H2,1H3. The highest BCUT2D eigenvalue weighted by atomic mass is 32.1. The Morgan fingerprint density at radius 2 is 1.75 bits per heavy atom. The molecule has 1 aliphatic rings. The maximum absolute atomic E-state index is 13.6. The number of ketones is 2. The summed E-state index contributed by atoms with van der Waals surface area (Å²) in [4.78, 5) is 31.6. The van der Waals surface area contributed by atoms with E-state index in [4.69, 9.17) is 14.9 Å². The molecule has 1 fully saturated rings. The van der Waals surface area contributed by atoms with Crippen LogP contribution in [-0.4, -0.2) is 28.6 Å². The van der Waals surface area contributed by atoms with Crippen molar-refractivity contribution in [1.82, 2.24) is 4.98 Å². The summed E-state index contributed by atoms with van der Waals surface area (Å²) in [5, 5.41) is 0.658. The smallest absolute Gasteiger partial charge is 0.185 e. The minimum absolute atomic E-state index is 0.0342. The van der Waals surface area contributed by atoms with E-state index in [0.29, 0.717) is 35.9 Å². The van der Waals surface area contributed by atoms with Crippen LogP contribution >= 0.6 is 24.0 Å². The number of rotatable bonds is 17. The summed E-state index contributed by atoms with van der Waals surface area (Å²) in [5.74, 6) is -0.756. The van der Waals surface area contributed by atoms with Crippen LogP contribution in [0.25, 0.3) is 10.8 Å². The molecule has 2 aromatic heterocycles. The van der Waals surface area contributed by atoms with Crippen LogP contribution in [0.4, 0.5) is 5.69 Å². The Kier molecular flexibility index (Phi) is 12.5. The van der Waals surface area contributed by atoms with Crippen LogP contribution in [0.2, 0.25) is 0 Å². The fourth-order valence-corrected chi connectivity index (χ4v) is 6.23. The van der Waals surface area contributed by atoms with Gasteiger partial charge < -0.3 is 14.9 Å². The molecule has 2 aromatic rings. The van der Waals surface area contributed by atoms with Gasteiger partial charge in [-0.2, -0.15) is 0 Å². The Hall–Kier alpha value is -1.64. The molecule has 8 heteroatoms. The van der Waals surface area contributed by atoms with Crippen molar-refractivity contribution in [3.05, 3.63) is 23.4 Å². The van der Waals surface area contributed by atoms with Gasteiger partial charge in [-0.3, -0.25) is 9.59 Å². The van der Waals surface area contributed by atoms with Gasteiger partial charge >= 0.3 is 0 Å². The van der Waals surface area contributed by atoms with Crippen LogP contribution in [0.15, 0.2) is 22.9 Å². The zero-order chi connectivity index (χ0) is 25.8. The van der Waals surface area contributed by atoms with Crippen molar-refractivity contribution in [2.75, 3.05) is 12.3 Å². The third-order valence-corrected chi connectivity index (χ3v) is 8.57. The number of aromatic nitrogens is 1. The molecule has 1 saturated heterocycles. The van der Waals surface area contributed by atoms with E-state index in [1.54, 1.807) is 12.3 Å². The van der Waals surface area contributed by atoms with Gasteiger partial charge in [-0.25, -0.2) is 4.98 Å². The van der Waals surface area contributed by atoms with E-state index in [0.717, 1.165) is 17.7 Å². The topological polar surface area (TPSA) is 95.4 Å². The maximum Gasteiger partial charge on any atom is 0.185 e. The number of unbranched alkanes of at least 4 members (excludes halogenated alkanes) is 11. The van der Waals surface area contributed by atoms with Gasteiger partial charge in [0, 0.05) is 23.7 Å². The lowest BCUT2D eigenvalue weighted by Gasteiger charge is -2.27. The first-order valence-corrected chi connectivity index (χ1v) is 15.0. The number of carbonyl (C=O) groups excluding carboxylic acids is 2. The molecule has 0 spiro atoms. The van der Waals surface area contributed by atoms with Gasteiger partial charge in [0.25, 0.3) is 0 Å². The number of nitrogens with two attached hydrogens (primary N) is 1. The normalized spacial score (nSPS) is 19.0. The number of nitrogen functional groups attached to an aromatic ring is 1. The second-order valence-electron chi connectivity index (χ2n) is 9.87. The van der Waals surface area contributed by atoms with Crippen LogP contribution in [0.5, 0.6) is 0 Å². The summed E-state index contributed by atoms with van der Waals surface area (Å²) >= 11 is 5.64. The zero-order valence-electron chi connectivity index (χ0n) is 21.6. The summed E-state index contributed by atoms with van der Waals surface area (Å²) in [7, 11) is 0. The molecule has 0 saturated carbocycles. The van der Waals surface area contributed by atoms with Crippen molar-refractivity contribution in [1.29, 1.82) is 0 Å². The van der Waals surface area contributed by atoms with Gasteiger partial charge in [-0.1, -0.05) is 84.0 Å². The predicted molar refractivity (Wildman–Crippen MR) is 150 cm³/mol. The quantitative estimate of drug-likeness (QED) is 0.123. The maximum atomic E-state index is 13.6. The molecular formula is C28H42N2O4S2.